The Labute approximate surface area is 118 Å². The molecule has 0 saturated carbocycles. The number of nitrogens with two attached hydrogens (primary N) is 1. The molecule has 6 heteroatoms. The van der Waals surface area contributed by atoms with Crippen LogP contribution in [-0.4, -0.2) is 11.2 Å². The number of thiazole rings is 1. The lowest BCUT2D eigenvalue weighted by atomic mass is 9.86. The topological polar surface area (TPSA) is 38.9 Å². The number of allylic oxidation sites excluding steroid dienone is 2. The summed E-state index contributed by atoms with van der Waals surface area (Å²) in [6.07, 6.45) is -1.77. The van der Waals surface area contributed by atoms with Crippen molar-refractivity contribution in [2.24, 2.45) is 5.92 Å². The lowest BCUT2D eigenvalue weighted by Gasteiger charge is -2.24. The molecular weight excluding hydrogens is 285 g/mol. The van der Waals surface area contributed by atoms with Crippen LogP contribution in [0.3, 0.4) is 0 Å². The van der Waals surface area contributed by atoms with Gasteiger partial charge >= 0.3 is 6.18 Å². The maximum atomic E-state index is 12.7. The SMILES string of the molecule is Nc1nc2c(C3=CCC(C(F)(F)F)CC3)cccc2s1. The first-order valence-electron chi connectivity index (χ1n) is 6.36. The van der Waals surface area contributed by atoms with Crippen molar-refractivity contribution in [2.75, 3.05) is 5.73 Å². The quantitative estimate of drug-likeness (QED) is 0.834. The summed E-state index contributed by atoms with van der Waals surface area (Å²) in [5.41, 5.74) is 8.36. The highest BCUT2D eigenvalue weighted by atomic mass is 32.1. The number of rotatable bonds is 1. The van der Waals surface area contributed by atoms with Crippen molar-refractivity contribution in [3.05, 3.63) is 29.8 Å². The molecule has 2 N–H and O–H groups in total. The third-order valence-electron chi connectivity index (χ3n) is 3.66. The number of fused-ring (bicyclic) bond motifs is 1. The Morgan fingerprint density at radius 2 is 2.10 bits per heavy atom. The van der Waals surface area contributed by atoms with Crippen LogP contribution in [0.5, 0.6) is 0 Å². The Morgan fingerprint density at radius 3 is 2.75 bits per heavy atom. The smallest absolute Gasteiger partial charge is 0.375 e. The number of anilines is 1. The van der Waals surface area contributed by atoms with Gasteiger partial charge in [0.25, 0.3) is 0 Å². The normalized spacial score (nSPS) is 20.1. The fourth-order valence-electron chi connectivity index (χ4n) is 2.60. The van der Waals surface area contributed by atoms with Crippen LogP contribution in [-0.2, 0) is 0 Å². The molecule has 1 atom stereocenters. The second-order valence-electron chi connectivity index (χ2n) is 4.95. The number of hydrogen-bond donors (Lipinski definition) is 1. The Bertz CT molecular complexity index is 673. The van der Waals surface area contributed by atoms with Crippen LogP contribution in [0.25, 0.3) is 15.8 Å². The average molecular weight is 298 g/mol. The molecule has 106 valence electrons. The van der Waals surface area contributed by atoms with E-state index >= 15 is 0 Å². The van der Waals surface area contributed by atoms with E-state index in [9.17, 15) is 13.2 Å². The molecule has 1 heterocycles. The molecule has 2 aromatic rings. The summed E-state index contributed by atoms with van der Waals surface area (Å²) in [5.74, 6) is -1.22. The Morgan fingerprint density at radius 1 is 1.30 bits per heavy atom. The molecule has 2 nitrogen and oxygen atoms in total. The highest BCUT2D eigenvalue weighted by Gasteiger charge is 2.39. The molecule has 0 amide bonds. The van der Waals surface area contributed by atoms with E-state index in [0.717, 1.165) is 21.4 Å². The van der Waals surface area contributed by atoms with Crippen LogP contribution in [0, 0.1) is 5.92 Å². The molecule has 0 radical (unpaired) electrons. The van der Waals surface area contributed by atoms with Crippen molar-refractivity contribution in [2.45, 2.75) is 25.4 Å². The largest absolute Gasteiger partial charge is 0.392 e. The first-order chi connectivity index (χ1) is 9.45. The second-order valence-corrected chi connectivity index (χ2v) is 6.01. The summed E-state index contributed by atoms with van der Waals surface area (Å²) in [7, 11) is 0. The number of aromatic nitrogens is 1. The van der Waals surface area contributed by atoms with Crippen molar-refractivity contribution in [1.29, 1.82) is 0 Å². The standard InChI is InChI=1S/C14H13F3N2S/c15-14(16,17)9-6-4-8(5-7-9)10-2-1-3-11-12(10)19-13(18)20-11/h1-4,9H,5-7H2,(H2,18,19). The molecule has 1 unspecified atom stereocenters. The van der Waals surface area contributed by atoms with Crippen molar-refractivity contribution in [3.8, 4) is 0 Å². The van der Waals surface area contributed by atoms with Crippen molar-refractivity contribution in [1.82, 2.24) is 4.98 Å². The zero-order valence-corrected chi connectivity index (χ0v) is 11.4. The summed E-state index contributed by atoms with van der Waals surface area (Å²) >= 11 is 1.39. The van der Waals surface area contributed by atoms with E-state index in [1.165, 1.54) is 11.3 Å². The van der Waals surface area contributed by atoms with E-state index in [1.54, 1.807) is 6.08 Å². The van der Waals surface area contributed by atoms with Gasteiger partial charge < -0.3 is 5.73 Å². The number of nitrogen functional groups attached to an aromatic ring is 1. The summed E-state index contributed by atoms with van der Waals surface area (Å²) < 4.78 is 39.0. The second kappa shape index (κ2) is 4.77. The maximum Gasteiger partial charge on any atom is 0.392 e. The predicted molar refractivity (Wildman–Crippen MR) is 75.4 cm³/mol. The molecule has 0 spiro atoms. The van der Waals surface area contributed by atoms with Crippen LogP contribution in [0.2, 0.25) is 0 Å². The molecule has 0 fully saturated rings. The number of halogens is 3. The van der Waals surface area contributed by atoms with Crippen LogP contribution < -0.4 is 5.73 Å². The minimum atomic E-state index is -4.10. The maximum absolute atomic E-state index is 12.7. The molecule has 3 rings (SSSR count). The van der Waals surface area contributed by atoms with Gasteiger partial charge in [-0.3, -0.25) is 0 Å². The summed E-state index contributed by atoms with van der Waals surface area (Å²) in [6.45, 7) is 0. The highest BCUT2D eigenvalue weighted by molar-refractivity contribution is 7.22. The summed E-state index contributed by atoms with van der Waals surface area (Å²) in [5, 5.41) is 0.483. The minimum Gasteiger partial charge on any atom is -0.375 e. The molecule has 20 heavy (non-hydrogen) atoms. The van der Waals surface area contributed by atoms with Gasteiger partial charge in [0.1, 0.15) is 0 Å². The van der Waals surface area contributed by atoms with Gasteiger partial charge in [0.05, 0.1) is 16.1 Å². The van der Waals surface area contributed by atoms with Crippen LogP contribution in [0.15, 0.2) is 24.3 Å². The van der Waals surface area contributed by atoms with E-state index in [1.807, 2.05) is 18.2 Å². The van der Waals surface area contributed by atoms with Gasteiger partial charge in [-0.15, -0.1) is 0 Å². The number of hydrogen-bond acceptors (Lipinski definition) is 3. The average Bonchev–Trinajstić information content (AvgIpc) is 2.78. The number of alkyl halides is 3. The van der Waals surface area contributed by atoms with Gasteiger partial charge in [0.15, 0.2) is 5.13 Å². The third kappa shape index (κ3) is 2.40. The fraction of sp³-hybridized carbons (Fsp3) is 0.357. The monoisotopic (exact) mass is 298 g/mol. The molecule has 1 aliphatic carbocycles. The fourth-order valence-corrected chi connectivity index (χ4v) is 3.36. The first kappa shape index (κ1) is 13.4. The van der Waals surface area contributed by atoms with Gasteiger partial charge in [-0.1, -0.05) is 29.5 Å². The van der Waals surface area contributed by atoms with Crippen LogP contribution in [0.1, 0.15) is 24.8 Å². The molecule has 1 aliphatic rings. The molecule has 1 aromatic heterocycles. The van der Waals surface area contributed by atoms with Gasteiger partial charge in [0.2, 0.25) is 0 Å². The van der Waals surface area contributed by atoms with E-state index in [0.29, 0.717) is 11.6 Å². The molecule has 0 saturated heterocycles. The van der Waals surface area contributed by atoms with Crippen molar-refractivity contribution >= 4 is 32.3 Å². The van der Waals surface area contributed by atoms with Crippen molar-refractivity contribution in [3.63, 3.8) is 0 Å². The molecule has 1 aromatic carbocycles. The van der Waals surface area contributed by atoms with E-state index in [4.69, 9.17) is 5.73 Å². The number of para-hydroxylation sites is 1. The van der Waals surface area contributed by atoms with Gasteiger partial charge in [-0.2, -0.15) is 13.2 Å². The predicted octanol–water partition coefficient (Wildman–Crippen LogP) is 4.62. The molecule has 0 bridgehead atoms. The van der Waals surface area contributed by atoms with E-state index in [2.05, 4.69) is 4.98 Å². The van der Waals surface area contributed by atoms with E-state index in [-0.39, 0.29) is 12.8 Å². The number of nitrogens with zero attached hydrogens (tertiary/aromatic N) is 1. The molecule has 0 aliphatic heterocycles. The van der Waals surface area contributed by atoms with Gasteiger partial charge in [-0.25, -0.2) is 4.98 Å². The molecular formula is C14H13F3N2S. The summed E-state index contributed by atoms with van der Waals surface area (Å²) in [4.78, 5) is 4.29. The van der Waals surface area contributed by atoms with Crippen LogP contribution in [0.4, 0.5) is 18.3 Å². The number of benzene rings is 1. The lowest BCUT2D eigenvalue weighted by molar-refractivity contribution is -0.175. The first-order valence-corrected chi connectivity index (χ1v) is 7.18. The third-order valence-corrected chi connectivity index (χ3v) is 4.51. The van der Waals surface area contributed by atoms with Gasteiger partial charge in [0, 0.05) is 5.56 Å². The lowest BCUT2D eigenvalue weighted by Crippen LogP contribution is -2.24. The Balaban J connectivity index is 1.95. The zero-order valence-electron chi connectivity index (χ0n) is 10.6. The minimum absolute atomic E-state index is 0.0504. The zero-order chi connectivity index (χ0) is 14.3. The Hall–Kier alpha value is -1.56. The Kier molecular flexibility index (Phi) is 3.20. The van der Waals surface area contributed by atoms with Gasteiger partial charge in [-0.05, 0) is 30.9 Å². The van der Waals surface area contributed by atoms with Crippen LogP contribution >= 0.6 is 11.3 Å². The van der Waals surface area contributed by atoms with E-state index < -0.39 is 12.1 Å². The summed E-state index contributed by atoms with van der Waals surface area (Å²) in [6, 6.07) is 5.72. The highest BCUT2D eigenvalue weighted by Crippen LogP contribution is 2.41. The van der Waals surface area contributed by atoms with Crippen molar-refractivity contribution < 1.29 is 13.2 Å².